The van der Waals surface area contributed by atoms with Gasteiger partial charge in [-0.2, -0.15) is 0 Å². The van der Waals surface area contributed by atoms with Crippen molar-refractivity contribution in [2.75, 3.05) is 6.54 Å². The van der Waals surface area contributed by atoms with Crippen molar-refractivity contribution < 1.29 is 9.59 Å². The molecule has 1 aliphatic carbocycles. The molecule has 1 heterocycles. The second-order valence-corrected chi connectivity index (χ2v) is 6.77. The van der Waals surface area contributed by atoms with Gasteiger partial charge in [0, 0.05) is 6.54 Å². The average molecular weight is 334 g/mol. The number of carbonyl (C=O) groups excluding carboxylic acids is 2. The summed E-state index contributed by atoms with van der Waals surface area (Å²) in [5.74, 6) is -0.0737. The van der Waals surface area contributed by atoms with Gasteiger partial charge in [0.25, 0.3) is 5.91 Å². The summed E-state index contributed by atoms with van der Waals surface area (Å²) in [6, 6.07) is 17.6. The fourth-order valence-electron chi connectivity index (χ4n) is 4.36. The molecule has 1 aliphatic heterocycles. The first-order valence-electron chi connectivity index (χ1n) is 8.94. The highest BCUT2D eigenvalue weighted by atomic mass is 16.2. The number of nitrogens with zero attached hydrogens (tertiary/aromatic N) is 2. The number of aryl methyl sites for hydroxylation is 1. The van der Waals surface area contributed by atoms with E-state index in [1.807, 2.05) is 55.5 Å². The van der Waals surface area contributed by atoms with Gasteiger partial charge in [-0.15, -0.1) is 0 Å². The van der Waals surface area contributed by atoms with Gasteiger partial charge in [0.2, 0.25) is 0 Å². The van der Waals surface area contributed by atoms with E-state index in [1.165, 1.54) is 10.5 Å². The maximum Gasteiger partial charge on any atom is 0.328 e. The van der Waals surface area contributed by atoms with E-state index in [9.17, 15) is 9.59 Å². The predicted octanol–water partition coefficient (Wildman–Crippen LogP) is 3.70. The molecule has 0 aromatic heterocycles. The number of urea groups is 1. The topological polar surface area (TPSA) is 40.6 Å². The van der Waals surface area contributed by atoms with Gasteiger partial charge in [0.15, 0.2) is 0 Å². The van der Waals surface area contributed by atoms with Crippen LogP contribution >= 0.6 is 0 Å². The van der Waals surface area contributed by atoms with Gasteiger partial charge in [0.05, 0.1) is 6.54 Å². The van der Waals surface area contributed by atoms with Gasteiger partial charge in [-0.25, -0.2) is 4.79 Å². The first-order chi connectivity index (χ1) is 12.2. The van der Waals surface area contributed by atoms with Crippen LogP contribution in [0.3, 0.4) is 0 Å². The van der Waals surface area contributed by atoms with Crippen LogP contribution < -0.4 is 0 Å². The van der Waals surface area contributed by atoms with Gasteiger partial charge in [-0.05, 0) is 42.9 Å². The molecule has 0 saturated carbocycles. The molecule has 1 unspecified atom stereocenters. The molecule has 4 heteroatoms. The second kappa shape index (κ2) is 6.03. The molecule has 0 bridgehead atoms. The van der Waals surface area contributed by atoms with Crippen molar-refractivity contribution in [1.29, 1.82) is 0 Å². The number of fused-ring (bicyclic) bond motifs is 2. The summed E-state index contributed by atoms with van der Waals surface area (Å²) in [7, 11) is 0. The molecule has 1 atom stereocenters. The lowest BCUT2D eigenvalue weighted by Crippen LogP contribution is -2.49. The third kappa shape index (κ3) is 2.28. The van der Waals surface area contributed by atoms with Crippen LogP contribution in [0.5, 0.6) is 0 Å². The van der Waals surface area contributed by atoms with Gasteiger partial charge in [-0.3, -0.25) is 9.69 Å². The van der Waals surface area contributed by atoms with E-state index in [1.54, 1.807) is 4.90 Å². The molecule has 1 spiro atoms. The average Bonchev–Trinajstić information content (AvgIpc) is 2.85. The number of carbonyl (C=O) groups is 2. The Kier molecular flexibility index (Phi) is 3.83. The third-order valence-corrected chi connectivity index (χ3v) is 5.47. The number of likely N-dealkylation sites (N-methyl/N-ethyl adjacent to an activating group) is 1. The van der Waals surface area contributed by atoms with Crippen LogP contribution in [0.15, 0.2) is 54.6 Å². The van der Waals surface area contributed by atoms with Crippen molar-refractivity contribution in [3.8, 4) is 0 Å². The van der Waals surface area contributed by atoms with Crippen molar-refractivity contribution in [1.82, 2.24) is 9.80 Å². The molecule has 2 aromatic carbocycles. The lowest BCUT2D eigenvalue weighted by molar-refractivity contribution is -0.134. The maximum atomic E-state index is 13.5. The largest absolute Gasteiger partial charge is 0.328 e. The van der Waals surface area contributed by atoms with Crippen LogP contribution in [0.1, 0.15) is 36.5 Å². The summed E-state index contributed by atoms with van der Waals surface area (Å²) in [4.78, 5) is 29.8. The molecule has 25 heavy (non-hydrogen) atoms. The highest BCUT2D eigenvalue weighted by Gasteiger charge is 2.58. The first kappa shape index (κ1) is 15.9. The Labute approximate surface area is 148 Å². The van der Waals surface area contributed by atoms with E-state index in [0.29, 0.717) is 19.5 Å². The Morgan fingerprint density at radius 2 is 1.72 bits per heavy atom. The summed E-state index contributed by atoms with van der Waals surface area (Å²) in [6.45, 7) is 2.82. The van der Waals surface area contributed by atoms with Gasteiger partial charge in [0.1, 0.15) is 5.54 Å². The van der Waals surface area contributed by atoms with Crippen molar-refractivity contribution in [3.63, 3.8) is 0 Å². The summed E-state index contributed by atoms with van der Waals surface area (Å²) in [5, 5.41) is 0. The Morgan fingerprint density at radius 1 is 1.00 bits per heavy atom. The molecule has 0 N–H and O–H groups in total. The molecular formula is C21H22N2O2. The van der Waals surface area contributed by atoms with E-state index in [-0.39, 0.29) is 11.9 Å². The molecule has 1 fully saturated rings. The molecule has 1 saturated heterocycles. The summed E-state index contributed by atoms with van der Waals surface area (Å²) in [6.07, 6.45) is 2.59. The molecule has 128 valence electrons. The normalized spacial score (nSPS) is 22.6. The number of amides is 3. The highest BCUT2D eigenvalue weighted by Crippen LogP contribution is 2.46. The van der Waals surface area contributed by atoms with Crippen molar-refractivity contribution >= 4 is 11.9 Å². The van der Waals surface area contributed by atoms with Crippen molar-refractivity contribution in [2.45, 2.75) is 38.3 Å². The number of hydrogen-bond donors (Lipinski definition) is 0. The minimum Gasteiger partial charge on any atom is -0.306 e. The zero-order valence-electron chi connectivity index (χ0n) is 14.4. The van der Waals surface area contributed by atoms with Gasteiger partial charge >= 0.3 is 6.03 Å². The highest BCUT2D eigenvalue weighted by molar-refractivity contribution is 6.07. The smallest absolute Gasteiger partial charge is 0.306 e. The zero-order chi connectivity index (χ0) is 17.4. The SMILES string of the molecule is CCN1C(=O)N(Cc2ccccc2)C(=O)C12CCCc1ccccc12. The second-order valence-electron chi connectivity index (χ2n) is 6.77. The van der Waals surface area contributed by atoms with Crippen LogP contribution in [0, 0.1) is 0 Å². The molecule has 2 aromatic rings. The number of imide groups is 1. The summed E-state index contributed by atoms with van der Waals surface area (Å²) in [5.41, 5.74) is 2.35. The Balaban J connectivity index is 1.79. The predicted molar refractivity (Wildman–Crippen MR) is 95.8 cm³/mol. The number of hydrogen-bond acceptors (Lipinski definition) is 2. The molecule has 0 radical (unpaired) electrons. The van der Waals surface area contributed by atoms with Crippen LogP contribution in [-0.4, -0.2) is 28.3 Å². The maximum absolute atomic E-state index is 13.5. The Bertz CT molecular complexity index is 818. The van der Waals surface area contributed by atoms with Gasteiger partial charge in [-0.1, -0.05) is 54.6 Å². The fraction of sp³-hybridized carbons (Fsp3) is 0.333. The van der Waals surface area contributed by atoms with Gasteiger partial charge < -0.3 is 4.90 Å². The molecular weight excluding hydrogens is 312 g/mol. The van der Waals surface area contributed by atoms with E-state index in [2.05, 4.69) is 6.07 Å². The van der Waals surface area contributed by atoms with Crippen LogP contribution in [0.25, 0.3) is 0 Å². The molecule has 2 aliphatic rings. The minimum absolute atomic E-state index is 0.0737. The van der Waals surface area contributed by atoms with Crippen molar-refractivity contribution in [3.05, 3.63) is 71.3 Å². The Morgan fingerprint density at radius 3 is 2.48 bits per heavy atom. The molecule has 4 rings (SSSR count). The fourth-order valence-corrected chi connectivity index (χ4v) is 4.36. The Hall–Kier alpha value is -2.62. The molecule has 3 amide bonds. The monoisotopic (exact) mass is 334 g/mol. The number of rotatable bonds is 3. The zero-order valence-corrected chi connectivity index (χ0v) is 14.4. The first-order valence-corrected chi connectivity index (χ1v) is 8.94. The summed E-state index contributed by atoms with van der Waals surface area (Å²) >= 11 is 0. The van der Waals surface area contributed by atoms with E-state index >= 15 is 0 Å². The third-order valence-electron chi connectivity index (χ3n) is 5.47. The summed E-state index contributed by atoms with van der Waals surface area (Å²) < 4.78 is 0. The van der Waals surface area contributed by atoms with Crippen LogP contribution in [0.4, 0.5) is 4.79 Å². The van der Waals surface area contributed by atoms with E-state index in [4.69, 9.17) is 0 Å². The number of benzene rings is 2. The van der Waals surface area contributed by atoms with Crippen LogP contribution in [-0.2, 0) is 23.3 Å². The van der Waals surface area contributed by atoms with Crippen molar-refractivity contribution in [2.24, 2.45) is 0 Å². The quantitative estimate of drug-likeness (QED) is 0.803. The minimum atomic E-state index is -0.824. The lowest BCUT2D eigenvalue weighted by atomic mass is 9.75. The standard InChI is InChI=1S/C21H22N2O2/c1-2-23-20(25)22(15-16-9-4-3-5-10-16)19(24)21(23)14-8-12-17-11-6-7-13-18(17)21/h3-7,9-11,13H,2,8,12,14-15H2,1H3. The molecule has 4 nitrogen and oxygen atoms in total. The van der Waals surface area contributed by atoms with Crippen LogP contribution in [0.2, 0.25) is 0 Å². The lowest BCUT2D eigenvalue weighted by Gasteiger charge is -2.39. The van der Waals surface area contributed by atoms with E-state index in [0.717, 1.165) is 24.0 Å². The van der Waals surface area contributed by atoms with E-state index < -0.39 is 5.54 Å².